The van der Waals surface area contributed by atoms with Crippen molar-refractivity contribution in [1.29, 1.82) is 0 Å². The van der Waals surface area contributed by atoms with E-state index in [4.69, 9.17) is 5.11 Å². The van der Waals surface area contributed by atoms with Gasteiger partial charge in [0.25, 0.3) is 5.91 Å². The van der Waals surface area contributed by atoms with Gasteiger partial charge in [-0.3, -0.25) is 9.59 Å². The van der Waals surface area contributed by atoms with Gasteiger partial charge in [0, 0.05) is 17.6 Å². The summed E-state index contributed by atoms with van der Waals surface area (Å²) >= 11 is 0. The SMILES string of the molecule is O=C(O)c1ccc(CNC(=O)c2cc(-c3cccc(F)c3)cc3ccc(C(=O)c4ccc5ccccc5c4)n23)cc1. The van der Waals surface area contributed by atoms with Crippen molar-refractivity contribution in [1.82, 2.24) is 9.72 Å². The summed E-state index contributed by atoms with van der Waals surface area (Å²) in [6, 6.07) is 32.5. The highest BCUT2D eigenvalue weighted by Crippen LogP contribution is 2.27. The lowest BCUT2D eigenvalue weighted by Crippen LogP contribution is -2.26. The van der Waals surface area contributed by atoms with Crippen molar-refractivity contribution in [3.8, 4) is 11.1 Å². The number of carbonyl (C=O) groups excluding carboxylic acids is 2. The van der Waals surface area contributed by atoms with Crippen LogP contribution in [-0.2, 0) is 6.54 Å². The van der Waals surface area contributed by atoms with Crippen LogP contribution in [0.4, 0.5) is 4.39 Å². The molecule has 6 nitrogen and oxygen atoms in total. The minimum absolute atomic E-state index is 0.139. The fourth-order valence-corrected chi connectivity index (χ4v) is 4.94. The van der Waals surface area contributed by atoms with Crippen molar-refractivity contribution in [2.75, 3.05) is 0 Å². The van der Waals surface area contributed by atoms with Crippen LogP contribution in [0.2, 0.25) is 0 Å². The third-order valence-electron chi connectivity index (χ3n) is 7.04. The maximum Gasteiger partial charge on any atom is 0.335 e. The molecule has 200 valence electrons. The van der Waals surface area contributed by atoms with Gasteiger partial charge in [0.05, 0.1) is 11.3 Å². The highest BCUT2D eigenvalue weighted by Gasteiger charge is 2.21. The zero-order chi connectivity index (χ0) is 28.5. The molecule has 0 aliphatic heterocycles. The Morgan fingerprint density at radius 3 is 2.20 bits per heavy atom. The predicted molar refractivity (Wildman–Crippen MR) is 155 cm³/mol. The van der Waals surface area contributed by atoms with Crippen LogP contribution in [0.5, 0.6) is 0 Å². The molecular formula is C34H23FN2O4. The Hall–Kier alpha value is -5.56. The van der Waals surface area contributed by atoms with E-state index < -0.39 is 17.7 Å². The summed E-state index contributed by atoms with van der Waals surface area (Å²) in [6.45, 7) is 0.139. The number of aromatic nitrogens is 1. The van der Waals surface area contributed by atoms with E-state index in [0.29, 0.717) is 33.5 Å². The maximum absolute atomic E-state index is 14.1. The molecule has 4 aromatic carbocycles. The number of pyridine rings is 1. The number of benzene rings is 4. The number of ketones is 1. The molecule has 0 spiro atoms. The Labute approximate surface area is 234 Å². The molecule has 6 rings (SSSR count). The minimum atomic E-state index is -1.03. The highest BCUT2D eigenvalue weighted by atomic mass is 19.1. The van der Waals surface area contributed by atoms with Crippen LogP contribution in [0.15, 0.2) is 115 Å². The van der Waals surface area contributed by atoms with Crippen LogP contribution in [-0.4, -0.2) is 27.2 Å². The van der Waals surface area contributed by atoms with E-state index in [2.05, 4.69) is 5.32 Å². The number of halogens is 1. The molecule has 0 saturated carbocycles. The van der Waals surface area contributed by atoms with Crippen molar-refractivity contribution in [2.24, 2.45) is 0 Å². The first-order valence-electron chi connectivity index (χ1n) is 12.9. The van der Waals surface area contributed by atoms with Crippen LogP contribution in [0, 0.1) is 5.82 Å². The Kier molecular flexibility index (Phi) is 6.61. The number of amides is 1. The Morgan fingerprint density at radius 2 is 1.44 bits per heavy atom. The molecule has 2 heterocycles. The number of hydrogen-bond acceptors (Lipinski definition) is 3. The number of nitrogens with zero attached hydrogens (tertiary/aromatic N) is 1. The number of hydrogen-bond donors (Lipinski definition) is 2. The normalized spacial score (nSPS) is 11.0. The molecule has 0 aliphatic rings. The molecule has 0 fully saturated rings. The summed E-state index contributed by atoms with van der Waals surface area (Å²) in [4.78, 5) is 38.5. The molecular weight excluding hydrogens is 519 g/mol. The predicted octanol–water partition coefficient (Wildman–Crippen LogP) is 6.76. The van der Waals surface area contributed by atoms with Crippen LogP contribution in [0.3, 0.4) is 0 Å². The lowest BCUT2D eigenvalue weighted by atomic mass is 10.0. The average Bonchev–Trinajstić information content (AvgIpc) is 3.43. The maximum atomic E-state index is 14.1. The molecule has 0 atom stereocenters. The standard InChI is InChI=1S/C34H23FN2O4/c35-28-7-3-6-25(17-28)27-18-29-14-15-30(32(38)26-13-12-22-4-1-2-5-24(22)16-26)37(29)31(19-27)33(39)36-20-21-8-10-23(11-9-21)34(40)41/h1-19H,20H2,(H,36,39)(H,40,41). The number of carbonyl (C=O) groups is 3. The van der Waals surface area contributed by atoms with Crippen molar-refractivity contribution in [3.05, 3.63) is 149 Å². The summed E-state index contributed by atoms with van der Waals surface area (Å²) in [6.07, 6.45) is 0. The van der Waals surface area contributed by atoms with Gasteiger partial charge in [-0.15, -0.1) is 0 Å². The first-order chi connectivity index (χ1) is 19.9. The largest absolute Gasteiger partial charge is 0.478 e. The topological polar surface area (TPSA) is 87.9 Å². The number of carboxylic acids is 1. The Balaban J connectivity index is 1.41. The van der Waals surface area contributed by atoms with Gasteiger partial charge in [-0.1, -0.05) is 60.7 Å². The van der Waals surface area contributed by atoms with Crippen molar-refractivity contribution < 1.29 is 23.9 Å². The quantitative estimate of drug-likeness (QED) is 0.218. The Morgan fingerprint density at radius 1 is 0.683 bits per heavy atom. The number of nitrogens with one attached hydrogen (secondary N) is 1. The molecule has 0 saturated heterocycles. The first kappa shape index (κ1) is 25.7. The van der Waals surface area contributed by atoms with Crippen molar-refractivity contribution in [2.45, 2.75) is 6.54 Å². The molecule has 2 aromatic heterocycles. The van der Waals surface area contributed by atoms with Crippen LogP contribution >= 0.6 is 0 Å². The molecule has 0 aliphatic carbocycles. The lowest BCUT2D eigenvalue weighted by Gasteiger charge is -2.14. The number of carboxylic acid groups (broad SMARTS) is 1. The Bertz CT molecular complexity index is 1980. The molecule has 0 bridgehead atoms. The average molecular weight is 543 g/mol. The van der Waals surface area contributed by atoms with Crippen LogP contribution < -0.4 is 5.32 Å². The zero-order valence-corrected chi connectivity index (χ0v) is 21.7. The van der Waals surface area contributed by atoms with Gasteiger partial charge in [-0.05, 0) is 82.1 Å². The van der Waals surface area contributed by atoms with E-state index in [1.54, 1.807) is 52.9 Å². The van der Waals surface area contributed by atoms with Gasteiger partial charge in [-0.2, -0.15) is 0 Å². The summed E-state index contributed by atoms with van der Waals surface area (Å²) < 4.78 is 15.7. The number of aromatic carboxylic acids is 1. The number of fused-ring (bicyclic) bond motifs is 2. The van der Waals surface area contributed by atoms with Crippen molar-refractivity contribution >= 4 is 33.9 Å². The molecule has 7 heteroatoms. The van der Waals surface area contributed by atoms with E-state index in [1.165, 1.54) is 24.3 Å². The second kappa shape index (κ2) is 10.5. The summed E-state index contributed by atoms with van der Waals surface area (Å²) in [5, 5.41) is 14.0. The van der Waals surface area contributed by atoms with Gasteiger partial charge >= 0.3 is 5.97 Å². The molecule has 0 radical (unpaired) electrons. The molecule has 6 aromatic rings. The van der Waals surface area contributed by atoms with Crippen LogP contribution in [0.25, 0.3) is 27.4 Å². The van der Waals surface area contributed by atoms with Crippen LogP contribution in [0.1, 0.15) is 42.5 Å². The summed E-state index contributed by atoms with van der Waals surface area (Å²) in [5.74, 6) is -2.12. The number of rotatable bonds is 7. The van der Waals surface area contributed by atoms with E-state index in [1.807, 2.05) is 42.5 Å². The minimum Gasteiger partial charge on any atom is -0.478 e. The lowest BCUT2D eigenvalue weighted by molar-refractivity contribution is 0.0696. The molecule has 1 amide bonds. The molecule has 2 N–H and O–H groups in total. The monoisotopic (exact) mass is 542 g/mol. The highest BCUT2D eigenvalue weighted by molar-refractivity contribution is 6.11. The van der Waals surface area contributed by atoms with E-state index in [-0.39, 0.29) is 23.6 Å². The van der Waals surface area contributed by atoms with E-state index >= 15 is 0 Å². The van der Waals surface area contributed by atoms with Gasteiger partial charge in [0.1, 0.15) is 11.5 Å². The van der Waals surface area contributed by atoms with E-state index in [0.717, 1.165) is 10.8 Å². The molecule has 41 heavy (non-hydrogen) atoms. The fourth-order valence-electron chi connectivity index (χ4n) is 4.94. The fraction of sp³-hybridized carbons (Fsp3) is 0.0294. The van der Waals surface area contributed by atoms with Gasteiger partial charge in [0.2, 0.25) is 5.78 Å². The van der Waals surface area contributed by atoms with Gasteiger partial charge < -0.3 is 14.8 Å². The molecule has 0 unspecified atom stereocenters. The summed E-state index contributed by atoms with van der Waals surface area (Å²) in [5.41, 5.74) is 3.68. The second-order valence-corrected chi connectivity index (χ2v) is 9.69. The smallest absolute Gasteiger partial charge is 0.335 e. The van der Waals surface area contributed by atoms with Crippen molar-refractivity contribution in [3.63, 3.8) is 0 Å². The van der Waals surface area contributed by atoms with E-state index in [9.17, 15) is 18.8 Å². The third kappa shape index (κ3) is 5.08. The third-order valence-corrected chi connectivity index (χ3v) is 7.04. The summed E-state index contributed by atoms with van der Waals surface area (Å²) in [7, 11) is 0. The van der Waals surface area contributed by atoms with Gasteiger partial charge in [0.15, 0.2) is 0 Å². The second-order valence-electron chi connectivity index (χ2n) is 9.69. The first-order valence-corrected chi connectivity index (χ1v) is 12.9. The van der Waals surface area contributed by atoms with Gasteiger partial charge in [-0.25, -0.2) is 9.18 Å². The zero-order valence-electron chi connectivity index (χ0n) is 21.7.